The van der Waals surface area contributed by atoms with Gasteiger partial charge in [-0.2, -0.15) is 0 Å². The van der Waals surface area contributed by atoms with Gasteiger partial charge in [0, 0.05) is 25.7 Å². The van der Waals surface area contributed by atoms with Gasteiger partial charge in [0.05, 0.1) is 19.3 Å². The van der Waals surface area contributed by atoms with Crippen LogP contribution in [0.25, 0.3) is 5.65 Å². The van der Waals surface area contributed by atoms with Gasteiger partial charge in [0.2, 0.25) is 0 Å². The summed E-state index contributed by atoms with van der Waals surface area (Å²) in [6.45, 7) is 10.7. The van der Waals surface area contributed by atoms with Crippen molar-refractivity contribution in [3.8, 4) is 11.5 Å². The van der Waals surface area contributed by atoms with Crippen LogP contribution in [0.5, 0.6) is 11.5 Å². The van der Waals surface area contributed by atoms with Crippen LogP contribution >= 0.6 is 24.0 Å². The predicted molar refractivity (Wildman–Crippen MR) is 138 cm³/mol. The molecule has 0 aliphatic carbocycles. The maximum atomic E-state index is 5.76. The zero-order valence-corrected chi connectivity index (χ0v) is 21.5. The Hall–Kier alpha value is -2.56. The van der Waals surface area contributed by atoms with Gasteiger partial charge in [0.1, 0.15) is 5.82 Å². The minimum Gasteiger partial charge on any atom is -0.490 e. The SMILES string of the molecule is CCNC(=NCCc1nnc2ccccn12)NC(C)c1ccc(OCC)c(OCC)c1.I. The van der Waals surface area contributed by atoms with Gasteiger partial charge in [0.25, 0.3) is 0 Å². The van der Waals surface area contributed by atoms with Crippen molar-refractivity contribution in [1.29, 1.82) is 0 Å². The van der Waals surface area contributed by atoms with E-state index in [9.17, 15) is 0 Å². The maximum Gasteiger partial charge on any atom is 0.191 e. The second kappa shape index (κ2) is 13.1. The molecule has 1 atom stereocenters. The van der Waals surface area contributed by atoms with E-state index in [0.29, 0.717) is 26.2 Å². The smallest absolute Gasteiger partial charge is 0.191 e. The highest BCUT2D eigenvalue weighted by Crippen LogP contribution is 2.30. The number of pyridine rings is 1. The normalized spacial score (nSPS) is 12.2. The van der Waals surface area contributed by atoms with E-state index in [4.69, 9.17) is 14.5 Å². The number of fused-ring (bicyclic) bond motifs is 1. The minimum atomic E-state index is 0. The molecule has 0 spiro atoms. The van der Waals surface area contributed by atoms with Crippen molar-refractivity contribution >= 4 is 35.6 Å². The lowest BCUT2D eigenvalue weighted by Gasteiger charge is -2.20. The number of nitrogens with zero attached hydrogens (tertiary/aromatic N) is 4. The van der Waals surface area contributed by atoms with Crippen LogP contribution in [-0.4, -0.2) is 46.9 Å². The fourth-order valence-electron chi connectivity index (χ4n) is 3.27. The first-order valence-electron chi connectivity index (χ1n) is 10.9. The van der Waals surface area contributed by atoms with Crippen molar-refractivity contribution in [1.82, 2.24) is 25.2 Å². The molecule has 3 aromatic rings. The Morgan fingerprint density at radius 1 is 1.06 bits per heavy atom. The summed E-state index contributed by atoms with van der Waals surface area (Å²) >= 11 is 0. The Bertz CT molecular complexity index is 1010. The molecule has 0 saturated heterocycles. The summed E-state index contributed by atoms with van der Waals surface area (Å²) in [6, 6.07) is 12.0. The predicted octanol–water partition coefficient (Wildman–Crippen LogP) is 4.00. The Kier molecular flexibility index (Phi) is 10.5. The van der Waals surface area contributed by atoms with Crippen LogP contribution in [0, 0.1) is 0 Å². The van der Waals surface area contributed by atoms with Gasteiger partial charge in [-0.25, -0.2) is 0 Å². The number of guanidine groups is 1. The lowest BCUT2D eigenvalue weighted by Crippen LogP contribution is -2.38. The number of aliphatic imine (C=N–C) groups is 1. The molecule has 0 amide bonds. The van der Waals surface area contributed by atoms with E-state index in [-0.39, 0.29) is 30.0 Å². The monoisotopic (exact) mass is 552 g/mol. The Morgan fingerprint density at radius 3 is 2.59 bits per heavy atom. The van der Waals surface area contributed by atoms with Crippen molar-refractivity contribution in [3.63, 3.8) is 0 Å². The topological polar surface area (TPSA) is 85.1 Å². The molecule has 2 aromatic heterocycles. The van der Waals surface area contributed by atoms with Gasteiger partial charge in [-0.1, -0.05) is 12.1 Å². The summed E-state index contributed by atoms with van der Waals surface area (Å²) in [6.07, 6.45) is 2.68. The Labute approximate surface area is 206 Å². The molecule has 0 fully saturated rings. The highest BCUT2D eigenvalue weighted by atomic mass is 127. The number of ether oxygens (including phenoxy) is 2. The van der Waals surface area contributed by atoms with E-state index < -0.39 is 0 Å². The average Bonchev–Trinajstić information content (AvgIpc) is 3.18. The first-order valence-corrected chi connectivity index (χ1v) is 10.9. The molecule has 0 saturated carbocycles. The van der Waals surface area contributed by atoms with Gasteiger partial charge >= 0.3 is 0 Å². The third-order valence-electron chi connectivity index (χ3n) is 4.75. The van der Waals surface area contributed by atoms with E-state index in [2.05, 4.69) is 40.7 Å². The average molecular weight is 552 g/mol. The first kappa shape index (κ1) is 25.7. The van der Waals surface area contributed by atoms with Crippen LogP contribution in [0.4, 0.5) is 0 Å². The minimum absolute atomic E-state index is 0. The van der Waals surface area contributed by atoms with Gasteiger partial charge in [-0.15, -0.1) is 34.2 Å². The van der Waals surface area contributed by atoms with Gasteiger partial charge in [0.15, 0.2) is 23.1 Å². The van der Waals surface area contributed by atoms with Gasteiger partial charge < -0.3 is 20.1 Å². The zero-order chi connectivity index (χ0) is 22.1. The van der Waals surface area contributed by atoms with Crippen molar-refractivity contribution in [2.75, 3.05) is 26.3 Å². The molecule has 0 aliphatic rings. The summed E-state index contributed by atoms with van der Waals surface area (Å²) in [5, 5.41) is 15.3. The molecule has 3 rings (SSSR count). The number of benzene rings is 1. The van der Waals surface area contributed by atoms with Crippen LogP contribution in [0.15, 0.2) is 47.6 Å². The van der Waals surface area contributed by atoms with Crippen LogP contribution in [0.1, 0.15) is 45.1 Å². The van der Waals surface area contributed by atoms with Crippen molar-refractivity contribution in [3.05, 3.63) is 54.0 Å². The quantitative estimate of drug-likeness (QED) is 0.225. The van der Waals surface area contributed by atoms with E-state index in [1.165, 1.54) is 0 Å². The highest BCUT2D eigenvalue weighted by molar-refractivity contribution is 14.0. The molecular formula is C23H33IN6O2. The molecule has 32 heavy (non-hydrogen) atoms. The molecule has 2 N–H and O–H groups in total. The third-order valence-corrected chi connectivity index (χ3v) is 4.75. The molecule has 0 aliphatic heterocycles. The fourth-order valence-corrected chi connectivity index (χ4v) is 3.27. The summed E-state index contributed by atoms with van der Waals surface area (Å²) in [5.74, 6) is 3.18. The molecule has 0 radical (unpaired) electrons. The van der Waals surface area contributed by atoms with E-state index in [1.807, 2.05) is 54.8 Å². The molecular weight excluding hydrogens is 519 g/mol. The Balaban J connectivity index is 0.00000363. The Morgan fingerprint density at radius 2 is 1.84 bits per heavy atom. The van der Waals surface area contributed by atoms with Crippen molar-refractivity contribution in [2.45, 2.75) is 40.2 Å². The third kappa shape index (κ3) is 6.72. The summed E-state index contributed by atoms with van der Waals surface area (Å²) in [5.41, 5.74) is 1.95. The maximum absolute atomic E-state index is 5.76. The number of aromatic nitrogens is 3. The first-order chi connectivity index (χ1) is 15.2. The number of halogens is 1. The van der Waals surface area contributed by atoms with Gasteiger partial charge in [-0.3, -0.25) is 9.39 Å². The molecule has 1 unspecified atom stereocenters. The molecule has 0 bridgehead atoms. The standard InChI is InChI=1S/C23H32N6O2.HI/c1-5-24-23(25-14-13-22-28-27-21-10-8-9-15-29(21)22)26-17(4)18-11-12-19(30-6-2)20(16-18)31-7-3;/h8-12,15-17H,5-7,13-14H2,1-4H3,(H2,24,25,26);1H. The largest absolute Gasteiger partial charge is 0.490 e. The number of rotatable bonds is 10. The van der Waals surface area contributed by atoms with Crippen LogP contribution in [0.3, 0.4) is 0 Å². The van der Waals surface area contributed by atoms with Crippen LogP contribution < -0.4 is 20.1 Å². The number of hydrogen-bond donors (Lipinski definition) is 2. The second-order valence-electron chi connectivity index (χ2n) is 6.99. The fraction of sp³-hybridized carbons (Fsp3) is 0.435. The van der Waals surface area contributed by atoms with Crippen LogP contribution in [-0.2, 0) is 6.42 Å². The molecule has 2 heterocycles. The summed E-state index contributed by atoms with van der Waals surface area (Å²) in [4.78, 5) is 4.72. The zero-order valence-electron chi connectivity index (χ0n) is 19.2. The molecule has 174 valence electrons. The lowest BCUT2D eigenvalue weighted by atomic mass is 10.1. The molecule has 9 heteroatoms. The number of hydrogen-bond acceptors (Lipinski definition) is 5. The van der Waals surface area contributed by atoms with Crippen LogP contribution in [0.2, 0.25) is 0 Å². The van der Waals surface area contributed by atoms with Crippen molar-refractivity contribution < 1.29 is 9.47 Å². The van der Waals surface area contributed by atoms with Crippen molar-refractivity contribution in [2.24, 2.45) is 4.99 Å². The lowest BCUT2D eigenvalue weighted by molar-refractivity contribution is 0.287. The second-order valence-corrected chi connectivity index (χ2v) is 6.99. The van der Waals surface area contributed by atoms with Gasteiger partial charge in [-0.05, 0) is 57.5 Å². The van der Waals surface area contributed by atoms with E-state index >= 15 is 0 Å². The van der Waals surface area contributed by atoms with E-state index in [1.54, 1.807) is 0 Å². The summed E-state index contributed by atoms with van der Waals surface area (Å²) < 4.78 is 13.4. The molecule has 1 aromatic carbocycles. The highest BCUT2D eigenvalue weighted by Gasteiger charge is 2.13. The van der Waals surface area contributed by atoms with E-state index in [0.717, 1.165) is 41.0 Å². The number of nitrogens with one attached hydrogen (secondary N) is 2. The summed E-state index contributed by atoms with van der Waals surface area (Å²) in [7, 11) is 0. The molecule has 8 nitrogen and oxygen atoms in total.